The molecule has 1 atom stereocenters. The van der Waals surface area contributed by atoms with Crippen LogP contribution in [0.4, 0.5) is 0 Å². The molecule has 3 aliphatic rings. The van der Waals surface area contributed by atoms with Crippen LogP contribution in [-0.2, 0) is 11.2 Å². The van der Waals surface area contributed by atoms with Gasteiger partial charge in [-0.05, 0) is 49.5 Å². The molecule has 5 heteroatoms. The van der Waals surface area contributed by atoms with Crippen LogP contribution in [0.2, 0.25) is 0 Å². The number of amides is 1. The Hall–Kier alpha value is -1.38. The van der Waals surface area contributed by atoms with E-state index < -0.39 is 0 Å². The molecule has 0 radical (unpaired) electrons. The number of hydrogen-bond donors (Lipinski definition) is 0. The van der Waals surface area contributed by atoms with Gasteiger partial charge in [0, 0.05) is 24.1 Å². The maximum absolute atomic E-state index is 12.6. The van der Waals surface area contributed by atoms with Crippen LogP contribution in [0, 0.1) is 17.2 Å². The van der Waals surface area contributed by atoms with E-state index in [1.165, 1.54) is 25.9 Å². The van der Waals surface area contributed by atoms with Crippen molar-refractivity contribution in [1.29, 1.82) is 5.26 Å². The third-order valence-corrected chi connectivity index (χ3v) is 5.54. The van der Waals surface area contributed by atoms with Crippen molar-refractivity contribution >= 4 is 21.8 Å². The Morgan fingerprint density at radius 3 is 2.77 bits per heavy atom. The van der Waals surface area contributed by atoms with Crippen molar-refractivity contribution in [3.8, 4) is 6.07 Å². The molecule has 3 saturated heterocycles. The predicted octanol–water partition coefficient (Wildman–Crippen LogP) is 2.42. The van der Waals surface area contributed by atoms with Gasteiger partial charge in [-0.15, -0.1) is 0 Å². The SMILES string of the molecule is CN(C(=O)Cc1ccc(Br)cc1C#N)C1CN2CCC1CC2. The number of fused-ring (bicyclic) bond motifs is 3. The van der Waals surface area contributed by atoms with Gasteiger partial charge in [-0.3, -0.25) is 4.79 Å². The smallest absolute Gasteiger partial charge is 0.227 e. The number of rotatable bonds is 3. The van der Waals surface area contributed by atoms with Crippen LogP contribution in [0.5, 0.6) is 0 Å². The lowest BCUT2D eigenvalue weighted by atomic mass is 9.83. The molecule has 0 N–H and O–H groups in total. The van der Waals surface area contributed by atoms with Crippen molar-refractivity contribution in [2.75, 3.05) is 26.7 Å². The van der Waals surface area contributed by atoms with Crippen molar-refractivity contribution in [3.05, 3.63) is 33.8 Å². The van der Waals surface area contributed by atoms with Crippen LogP contribution in [0.25, 0.3) is 0 Å². The zero-order valence-electron chi connectivity index (χ0n) is 12.8. The molecule has 4 rings (SSSR count). The summed E-state index contributed by atoms with van der Waals surface area (Å²) in [6.45, 7) is 3.35. The monoisotopic (exact) mass is 361 g/mol. The zero-order chi connectivity index (χ0) is 15.7. The van der Waals surface area contributed by atoms with Gasteiger partial charge >= 0.3 is 0 Å². The average molecular weight is 362 g/mol. The van der Waals surface area contributed by atoms with E-state index in [1.807, 2.05) is 24.1 Å². The van der Waals surface area contributed by atoms with Crippen LogP contribution < -0.4 is 0 Å². The minimum absolute atomic E-state index is 0.109. The van der Waals surface area contributed by atoms with Crippen LogP contribution in [0.3, 0.4) is 0 Å². The highest BCUT2D eigenvalue weighted by molar-refractivity contribution is 9.10. The molecule has 1 unspecified atom stereocenters. The molecule has 3 heterocycles. The second-order valence-electron chi connectivity index (χ2n) is 6.30. The molecule has 1 amide bonds. The lowest BCUT2D eigenvalue weighted by molar-refractivity contribution is -0.135. The molecule has 0 saturated carbocycles. The summed E-state index contributed by atoms with van der Waals surface area (Å²) in [4.78, 5) is 17.0. The Kier molecular flexibility index (Phi) is 4.51. The Labute approximate surface area is 139 Å². The number of halogens is 1. The maximum atomic E-state index is 12.6. The van der Waals surface area contributed by atoms with Crippen molar-refractivity contribution < 1.29 is 4.79 Å². The number of nitriles is 1. The quantitative estimate of drug-likeness (QED) is 0.830. The number of hydrogen-bond acceptors (Lipinski definition) is 3. The fourth-order valence-corrected chi connectivity index (χ4v) is 4.01. The summed E-state index contributed by atoms with van der Waals surface area (Å²) in [7, 11) is 1.92. The van der Waals surface area contributed by atoms with E-state index in [9.17, 15) is 10.1 Å². The summed E-state index contributed by atoms with van der Waals surface area (Å²) >= 11 is 3.36. The van der Waals surface area contributed by atoms with Gasteiger partial charge in [0.05, 0.1) is 18.1 Å². The topological polar surface area (TPSA) is 47.3 Å². The molecule has 0 aliphatic carbocycles. The Morgan fingerprint density at radius 1 is 1.45 bits per heavy atom. The van der Waals surface area contributed by atoms with Gasteiger partial charge in [-0.25, -0.2) is 0 Å². The molecule has 0 spiro atoms. The summed E-state index contributed by atoms with van der Waals surface area (Å²) in [5.74, 6) is 0.747. The molecule has 3 fully saturated rings. The van der Waals surface area contributed by atoms with Crippen molar-refractivity contribution in [1.82, 2.24) is 9.80 Å². The first-order valence-corrected chi connectivity index (χ1v) is 8.54. The first-order chi connectivity index (χ1) is 10.6. The van der Waals surface area contributed by atoms with E-state index in [0.29, 0.717) is 23.9 Å². The number of likely N-dealkylation sites (N-methyl/N-ethyl adjacent to an activating group) is 1. The third kappa shape index (κ3) is 3.04. The summed E-state index contributed by atoms with van der Waals surface area (Å²) < 4.78 is 0.867. The lowest BCUT2D eigenvalue weighted by Crippen LogP contribution is -2.57. The van der Waals surface area contributed by atoms with Crippen LogP contribution in [0.15, 0.2) is 22.7 Å². The molecule has 116 valence electrons. The second-order valence-corrected chi connectivity index (χ2v) is 7.22. The van der Waals surface area contributed by atoms with E-state index in [4.69, 9.17) is 0 Å². The first-order valence-electron chi connectivity index (χ1n) is 7.75. The summed E-state index contributed by atoms with van der Waals surface area (Å²) in [6, 6.07) is 8.04. The highest BCUT2D eigenvalue weighted by Crippen LogP contribution is 2.30. The van der Waals surface area contributed by atoms with E-state index in [2.05, 4.69) is 26.9 Å². The number of carbonyl (C=O) groups excluding carboxylic acids is 1. The highest BCUT2D eigenvalue weighted by Gasteiger charge is 2.37. The van der Waals surface area contributed by atoms with E-state index in [1.54, 1.807) is 6.07 Å². The van der Waals surface area contributed by atoms with Gasteiger partial charge in [0.25, 0.3) is 0 Å². The van der Waals surface area contributed by atoms with Crippen molar-refractivity contribution in [2.24, 2.45) is 5.92 Å². The Bertz CT molecular complexity index is 617. The molecule has 4 nitrogen and oxygen atoms in total. The minimum Gasteiger partial charge on any atom is -0.341 e. The number of carbonyl (C=O) groups is 1. The maximum Gasteiger partial charge on any atom is 0.227 e. The normalized spacial score (nSPS) is 26.5. The van der Waals surface area contributed by atoms with E-state index >= 15 is 0 Å². The van der Waals surface area contributed by atoms with Gasteiger partial charge in [0.2, 0.25) is 5.91 Å². The molecular weight excluding hydrogens is 342 g/mol. The van der Waals surface area contributed by atoms with Gasteiger partial charge in [0.1, 0.15) is 0 Å². The first kappa shape index (κ1) is 15.5. The van der Waals surface area contributed by atoms with Crippen LogP contribution in [-0.4, -0.2) is 48.4 Å². The minimum atomic E-state index is 0.109. The second kappa shape index (κ2) is 6.39. The number of benzene rings is 1. The van der Waals surface area contributed by atoms with Crippen molar-refractivity contribution in [3.63, 3.8) is 0 Å². The van der Waals surface area contributed by atoms with Gasteiger partial charge in [-0.2, -0.15) is 5.26 Å². The Balaban J connectivity index is 1.71. The molecule has 0 aromatic heterocycles. The van der Waals surface area contributed by atoms with E-state index in [0.717, 1.165) is 16.6 Å². The largest absolute Gasteiger partial charge is 0.341 e. The molecule has 3 aliphatic heterocycles. The highest BCUT2D eigenvalue weighted by atomic mass is 79.9. The number of nitrogens with zero attached hydrogens (tertiary/aromatic N) is 3. The molecule has 22 heavy (non-hydrogen) atoms. The zero-order valence-corrected chi connectivity index (χ0v) is 14.3. The molecule has 1 aromatic carbocycles. The van der Waals surface area contributed by atoms with E-state index in [-0.39, 0.29) is 5.91 Å². The van der Waals surface area contributed by atoms with Gasteiger partial charge in [-0.1, -0.05) is 22.0 Å². The Morgan fingerprint density at radius 2 is 2.18 bits per heavy atom. The average Bonchev–Trinajstić information content (AvgIpc) is 2.56. The fraction of sp³-hybridized carbons (Fsp3) is 0.529. The van der Waals surface area contributed by atoms with Gasteiger partial charge < -0.3 is 9.80 Å². The fourth-order valence-electron chi connectivity index (χ4n) is 3.65. The number of piperidine rings is 3. The third-order valence-electron chi connectivity index (χ3n) is 5.05. The summed E-state index contributed by atoms with van der Waals surface area (Å²) in [5, 5.41) is 9.23. The molecule has 1 aromatic rings. The summed E-state index contributed by atoms with van der Waals surface area (Å²) in [5.41, 5.74) is 1.38. The summed E-state index contributed by atoms with van der Waals surface area (Å²) in [6.07, 6.45) is 2.70. The lowest BCUT2D eigenvalue weighted by Gasteiger charge is -2.48. The van der Waals surface area contributed by atoms with Crippen LogP contribution in [0.1, 0.15) is 24.0 Å². The predicted molar refractivity (Wildman–Crippen MR) is 88.3 cm³/mol. The standard InChI is InChI=1S/C17H20BrN3O/c1-20(16-11-21-6-4-12(16)5-7-21)17(22)9-13-2-3-15(18)8-14(13)10-19/h2-3,8,12,16H,4-7,9,11H2,1H3. The van der Waals surface area contributed by atoms with Crippen molar-refractivity contribution in [2.45, 2.75) is 25.3 Å². The van der Waals surface area contributed by atoms with Crippen LogP contribution >= 0.6 is 15.9 Å². The molecule has 2 bridgehead atoms. The van der Waals surface area contributed by atoms with Gasteiger partial charge in [0.15, 0.2) is 0 Å². The molecular formula is C17H20BrN3O.